The van der Waals surface area contributed by atoms with Gasteiger partial charge in [0.15, 0.2) is 0 Å². The van der Waals surface area contributed by atoms with Crippen molar-refractivity contribution in [3.8, 4) is 0 Å². The van der Waals surface area contributed by atoms with Crippen LogP contribution in [0.5, 0.6) is 0 Å². The fourth-order valence-electron chi connectivity index (χ4n) is 1.61. The standard InChI is InChI=1S/C13H26O2/c1-4-7-8-9-11-13(14)15-12(6-3)10-5-2/h12H,4-11H2,1-3H3/t12-/m0/s1. The van der Waals surface area contributed by atoms with Gasteiger partial charge in [-0.15, -0.1) is 0 Å². The molecule has 0 aliphatic carbocycles. The summed E-state index contributed by atoms with van der Waals surface area (Å²) in [7, 11) is 0. The molecule has 0 rings (SSSR count). The van der Waals surface area contributed by atoms with E-state index in [9.17, 15) is 4.79 Å². The summed E-state index contributed by atoms with van der Waals surface area (Å²) in [5.41, 5.74) is 0. The Morgan fingerprint density at radius 2 is 1.80 bits per heavy atom. The van der Waals surface area contributed by atoms with Gasteiger partial charge >= 0.3 is 5.97 Å². The van der Waals surface area contributed by atoms with Crippen molar-refractivity contribution in [2.75, 3.05) is 0 Å². The monoisotopic (exact) mass is 214 g/mol. The summed E-state index contributed by atoms with van der Waals surface area (Å²) in [4.78, 5) is 11.4. The number of carbonyl (C=O) groups excluding carboxylic acids is 1. The topological polar surface area (TPSA) is 26.3 Å². The average Bonchev–Trinajstić information content (AvgIpc) is 2.24. The molecule has 0 unspecified atom stereocenters. The molecule has 0 heterocycles. The molecule has 0 aliphatic rings. The van der Waals surface area contributed by atoms with Crippen molar-refractivity contribution in [3.05, 3.63) is 0 Å². The fourth-order valence-corrected chi connectivity index (χ4v) is 1.61. The van der Waals surface area contributed by atoms with E-state index in [1.165, 1.54) is 12.8 Å². The van der Waals surface area contributed by atoms with Crippen LogP contribution >= 0.6 is 0 Å². The minimum atomic E-state index is -0.00796. The van der Waals surface area contributed by atoms with E-state index < -0.39 is 0 Å². The van der Waals surface area contributed by atoms with Crippen LogP contribution in [0.4, 0.5) is 0 Å². The number of hydrogen-bond acceptors (Lipinski definition) is 2. The van der Waals surface area contributed by atoms with Crippen LogP contribution < -0.4 is 0 Å². The Hall–Kier alpha value is -0.530. The van der Waals surface area contributed by atoms with Gasteiger partial charge in [0.1, 0.15) is 6.10 Å². The highest BCUT2D eigenvalue weighted by molar-refractivity contribution is 5.69. The van der Waals surface area contributed by atoms with Crippen LogP contribution in [-0.2, 0) is 9.53 Å². The van der Waals surface area contributed by atoms with Crippen molar-refractivity contribution < 1.29 is 9.53 Å². The molecular formula is C13H26O2. The Balaban J connectivity index is 3.52. The van der Waals surface area contributed by atoms with Crippen molar-refractivity contribution in [2.24, 2.45) is 0 Å². The van der Waals surface area contributed by atoms with E-state index in [-0.39, 0.29) is 12.1 Å². The van der Waals surface area contributed by atoms with E-state index in [0.717, 1.165) is 32.1 Å². The summed E-state index contributed by atoms with van der Waals surface area (Å²) in [6.45, 7) is 6.37. The summed E-state index contributed by atoms with van der Waals surface area (Å²) in [6, 6.07) is 0. The normalized spacial score (nSPS) is 12.5. The molecule has 0 amide bonds. The lowest BCUT2D eigenvalue weighted by molar-refractivity contribution is -0.149. The molecule has 2 heteroatoms. The maximum absolute atomic E-state index is 11.4. The van der Waals surface area contributed by atoms with Gasteiger partial charge in [-0.2, -0.15) is 0 Å². The second-order valence-corrected chi connectivity index (χ2v) is 4.12. The predicted molar refractivity (Wildman–Crippen MR) is 63.8 cm³/mol. The zero-order valence-corrected chi connectivity index (χ0v) is 10.6. The lowest BCUT2D eigenvalue weighted by atomic mass is 10.1. The molecule has 0 fully saturated rings. The van der Waals surface area contributed by atoms with Gasteiger partial charge in [-0.05, 0) is 19.3 Å². The second-order valence-electron chi connectivity index (χ2n) is 4.12. The van der Waals surface area contributed by atoms with Crippen LogP contribution in [0.1, 0.15) is 72.1 Å². The van der Waals surface area contributed by atoms with E-state index in [1.54, 1.807) is 0 Å². The Morgan fingerprint density at radius 3 is 2.33 bits per heavy atom. The molecule has 0 N–H and O–H groups in total. The Kier molecular flexibility index (Phi) is 9.65. The van der Waals surface area contributed by atoms with E-state index in [0.29, 0.717) is 6.42 Å². The summed E-state index contributed by atoms with van der Waals surface area (Å²) in [5, 5.41) is 0. The van der Waals surface area contributed by atoms with E-state index in [4.69, 9.17) is 4.74 Å². The SMILES string of the molecule is CCCCCCC(=O)O[C@@H](CC)CCC. The van der Waals surface area contributed by atoms with Gasteiger partial charge in [-0.1, -0.05) is 46.5 Å². The van der Waals surface area contributed by atoms with Gasteiger partial charge in [0.25, 0.3) is 0 Å². The van der Waals surface area contributed by atoms with Crippen molar-refractivity contribution in [3.63, 3.8) is 0 Å². The highest BCUT2D eigenvalue weighted by Crippen LogP contribution is 2.10. The number of rotatable bonds is 9. The molecule has 0 radical (unpaired) electrons. The van der Waals surface area contributed by atoms with Gasteiger partial charge in [-0.25, -0.2) is 0 Å². The molecule has 0 bridgehead atoms. The van der Waals surface area contributed by atoms with Crippen molar-refractivity contribution in [1.29, 1.82) is 0 Å². The van der Waals surface area contributed by atoms with Gasteiger partial charge in [0, 0.05) is 6.42 Å². The molecule has 0 saturated heterocycles. The molecular weight excluding hydrogens is 188 g/mol. The number of hydrogen-bond donors (Lipinski definition) is 0. The second kappa shape index (κ2) is 10.0. The first-order valence-electron chi connectivity index (χ1n) is 6.44. The smallest absolute Gasteiger partial charge is 0.306 e. The molecule has 2 nitrogen and oxygen atoms in total. The van der Waals surface area contributed by atoms with Gasteiger partial charge in [-0.3, -0.25) is 4.79 Å². The molecule has 1 atom stereocenters. The number of unbranched alkanes of at least 4 members (excludes halogenated alkanes) is 3. The third kappa shape index (κ3) is 8.46. The summed E-state index contributed by atoms with van der Waals surface area (Å²) in [6.07, 6.45) is 8.33. The summed E-state index contributed by atoms with van der Waals surface area (Å²) in [5.74, 6) is -0.00796. The zero-order valence-electron chi connectivity index (χ0n) is 10.6. The number of ether oxygens (including phenoxy) is 1. The summed E-state index contributed by atoms with van der Waals surface area (Å²) >= 11 is 0. The van der Waals surface area contributed by atoms with Crippen molar-refractivity contribution in [1.82, 2.24) is 0 Å². The number of esters is 1. The maximum atomic E-state index is 11.4. The minimum Gasteiger partial charge on any atom is -0.462 e. The Morgan fingerprint density at radius 1 is 1.07 bits per heavy atom. The third-order valence-electron chi connectivity index (χ3n) is 2.60. The van der Waals surface area contributed by atoms with Crippen LogP contribution in [0.2, 0.25) is 0 Å². The molecule has 0 spiro atoms. The van der Waals surface area contributed by atoms with Crippen LogP contribution in [0.15, 0.2) is 0 Å². The van der Waals surface area contributed by atoms with Crippen molar-refractivity contribution in [2.45, 2.75) is 78.2 Å². The Labute approximate surface area is 94.4 Å². The number of carbonyl (C=O) groups is 1. The predicted octanol–water partition coefficient (Wildman–Crippen LogP) is 4.08. The first kappa shape index (κ1) is 14.5. The molecule has 15 heavy (non-hydrogen) atoms. The Bertz CT molecular complexity index is 155. The molecule has 0 aromatic heterocycles. The molecule has 0 aromatic rings. The van der Waals surface area contributed by atoms with Gasteiger partial charge in [0.2, 0.25) is 0 Å². The fraction of sp³-hybridized carbons (Fsp3) is 0.923. The first-order valence-corrected chi connectivity index (χ1v) is 6.44. The van der Waals surface area contributed by atoms with E-state index in [2.05, 4.69) is 20.8 Å². The largest absolute Gasteiger partial charge is 0.462 e. The van der Waals surface area contributed by atoms with Crippen LogP contribution in [0.3, 0.4) is 0 Å². The molecule has 90 valence electrons. The van der Waals surface area contributed by atoms with Crippen LogP contribution in [0.25, 0.3) is 0 Å². The van der Waals surface area contributed by atoms with Gasteiger partial charge in [0.05, 0.1) is 0 Å². The third-order valence-corrected chi connectivity index (χ3v) is 2.60. The highest BCUT2D eigenvalue weighted by Gasteiger charge is 2.10. The summed E-state index contributed by atoms with van der Waals surface area (Å²) < 4.78 is 5.38. The lowest BCUT2D eigenvalue weighted by Crippen LogP contribution is -2.16. The van der Waals surface area contributed by atoms with Crippen molar-refractivity contribution >= 4 is 5.97 Å². The molecule has 0 aliphatic heterocycles. The minimum absolute atomic E-state index is 0.00796. The first-order chi connectivity index (χ1) is 7.24. The van der Waals surface area contributed by atoms with E-state index >= 15 is 0 Å². The lowest BCUT2D eigenvalue weighted by Gasteiger charge is -2.15. The van der Waals surface area contributed by atoms with Gasteiger partial charge < -0.3 is 4.74 Å². The molecule has 0 saturated carbocycles. The quantitative estimate of drug-likeness (QED) is 0.427. The zero-order chi connectivity index (χ0) is 11.5. The maximum Gasteiger partial charge on any atom is 0.306 e. The molecule has 0 aromatic carbocycles. The van der Waals surface area contributed by atoms with Crippen LogP contribution in [0, 0.1) is 0 Å². The average molecular weight is 214 g/mol. The highest BCUT2D eigenvalue weighted by atomic mass is 16.5. The van der Waals surface area contributed by atoms with E-state index in [1.807, 2.05) is 0 Å². The van der Waals surface area contributed by atoms with Crippen LogP contribution in [-0.4, -0.2) is 12.1 Å².